The van der Waals surface area contributed by atoms with Gasteiger partial charge in [0.15, 0.2) is 0 Å². The van der Waals surface area contributed by atoms with Crippen LogP contribution in [0.5, 0.6) is 0 Å². The molecule has 0 bridgehead atoms. The highest BCUT2D eigenvalue weighted by Crippen LogP contribution is 2.16. The quantitative estimate of drug-likeness (QED) is 0.317. The molecule has 0 aliphatic heterocycles. The van der Waals surface area contributed by atoms with Gasteiger partial charge in [-0.3, -0.25) is 15.2 Å². The lowest BCUT2D eigenvalue weighted by Gasteiger charge is -1.93. The summed E-state index contributed by atoms with van der Waals surface area (Å²) in [4.78, 5) is 19.9. The van der Waals surface area contributed by atoms with Crippen LogP contribution in [0, 0.1) is 10.1 Å². The molecule has 0 amide bonds. The third-order valence-electron chi connectivity index (χ3n) is 1.64. The predicted molar refractivity (Wildman–Crippen MR) is 44.2 cm³/mol. The molecule has 0 radical (unpaired) electrons. The fourth-order valence-electron chi connectivity index (χ4n) is 1.01. The van der Waals surface area contributed by atoms with E-state index in [4.69, 9.17) is 0 Å². The second kappa shape index (κ2) is 4.34. The van der Waals surface area contributed by atoms with Crippen LogP contribution in [-0.4, -0.2) is 21.4 Å². The molecule has 0 aliphatic carbocycles. The van der Waals surface area contributed by atoms with Gasteiger partial charge in [-0.25, -0.2) is 0 Å². The van der Waals surface area contributed by atoms with E-state index in [0.717, 1.165) is 6.29 Å². The van der Waals surface area contributed by atoms with E-state index in [9.17, 15) is 14.9 Å². The predicted octanol–water partition coefficient (Wildman–Crippen LogP) is 0.839. The van der Waals surface area contributed by atoms with E-state index in [1.54, 1.807) is 0 Å². The molecular formula is C7H9N3O3. The van der Waals surface area contributed by atoms with Gasteiger partial charge in [0.2, 0.25) is 0 Å². The number of aryl methyl sites for hydroxylation is 1. The van der Waals surface area contributed by atoms with Crippen molar-refractivity contribution in [2.75, 3.05) is 0 Å². The van der Waals surface area contributed by atoms with Crippen molar-refractivity contribution in [1.29, 1.82) is 0 Å². The molecule has 70 valence electrons. The van der Waals surface area contributed by atoms with Crippen LogP contribution >= 0.6 is 0 Å². The summed E-state index contributed by atoms with van der Waals surface area (Å²) in [5.41, 5.74) is 0.470. The molecule has 0 spiro atoms. The molecule has 6 heteroatoms. The molecule has 0 atom stereocenters. The van der Waals surface area contributed by atoms with Crippen molar-refractivity contribution in [3.8, 4) is 0 Å². The Morgan fingerprint density at radius 1 is 1.69 bits per heavy atom. The molecule has 1 aromatic heterocycles. The van der Waals surface area contributed by atoms with Crippen LogP contribution in [0.25, 0.3) is 0 Å². The van der Waals surface area contributed by atoms with E-state index in [1.165, 1.54) is 6.20 Å². The number of aromatic nitrogens is 2. The zero-order chi connectivity index (χ0) is 9.68. The summed E-state index contributed by atoms with van der Waals surface area (Å²) in [6, 6.07) is 0. The molecule has 0 unspecified atom stereocenters. The molecule has 0 aromatic carbocycles. The van der Waals surface area contributed by atoms with E-state index in [0.29, 0.717) is 25.0 Å². The normalized spacial score (nSPS) is 9.85. The molecule has 1 aromatic rings. The third-order valence-corrected chi connectivity index (χ3v) is 1.64. The summed E-state index contributed by atoms with van der Waals surface area (Å²) in [5, 5.41) is 16.5. The van der Waals surface area contributed by atoms with Crippen molar-refractivity contribution >= 4 is 12.0 Å². The van der Waals surface area contributed by atoms with Crippen molar-refractivity contribution in [3.63, 3.8) is 0 Å². The number of unbranched alkanes of at least 4 members (excludes halogenated alkanes) is 1. The number of hydrogen-bond donors (Lipinski definition) is 1. The van der Waals surface area contributed by atoms with Crippen LogP contribution in [0.3, 0.4) is 0 Å². The second-order valence-corrected chi connectivity index (χ2v) is 2.55. The summed E-state index contributed by atoms with van der Waals surface area (Å²) in [5.74, 6) is 0. The van der Waals surface area contributed by atoms with Gasteiger partial charge in [0.1, 0.15) is 18.2 Å². The molecule has 0 saturated carbocycles. The number of aromatic amines is 1. The second-order valence-electron chi connectivity index (χ2n) is 2.55. The summed E-state index contributed by atoms with van der Waals surface area (Å²) < 4.78 is 0. The van der Waals surface area contributed by atoms with Gasteiger partial charge < -0.3 is 4.79 Å². The SMILES string of the molecule is O=CCCCc1[nH]ncc1[N+](=O)[O-]. The molecule has 0 aliphatic rings. The van der Waals surface area contributed by atoms with Crippen molar-refractivity contribution in [2.24, 2.45) is 0 Å². The van der Waals surface area contributed by atoms with E-state index >= 15 is 0 Å². The average molecular weight is 183 g/mol. The Kier molecular flexibility index (Phi) is 3.13. The van der Waals surface area contributed by atoms with Crippen LogP contribution in [0.2, 0.25) is 0 Å². The largest absolute Gasteiger partial charge is 0.309 e. The average Bonchev–Trinajstić information content (AvgIpc) is 2.53. The minimum Gasteiger partial charge on any atom is -0.303 e. The molecule has 6 nitrogen and oxygen atoms in total. The Hall–Kier alpha value is -1.72. The first-order valence-electron chi connectivity index (χ1n) is 3.86. The van der Waals surface area contributed by atoms with E-state index in [2.05, 4.69) is 10.2 Å². The van der Waals surface area contributed by atoms with Gasteiger partial charge in [0.05, 0.1) is 4.92 Å². The first-order valence-corrected chi connectivity index (χ1v) is 3.86. The van der Waals surface area contributed by atoms with Gasteiger partial charge in [0, 0.05) is 6.42 Å². The Morgan fingerprint density at radius 3 is 3.08 bits per heavy atom. The van der Waals surface area contributed by atoms with Crippen LogP contribution in [0.1, 0.15) is 18.5 Å². The van der Waals surface area contributed by atoms with Crippen molar-refractivity contribution in [3.05, 3.63) is 22.0 Å². The lowest BCUT2D eigenvalue weighted by molar-refractivity contribution is -0.385. The highest BCUT2D eigenvalue weighted by molar-refractivity contribution is 5.49. The van der Waals surface area contributed by atoms with E-state index in [1.807, 2.05) is 0 Å². The molecule has 1 N–H and O–H groups in total. The fraction of sp³-hybridized carbons (Fsp3) is 0.429. The van der Waals surface area contributed by atoms with Crippen LogP contribution < -0.4 is 0 Å². The maximum absolute atomic E-state index is 10.4. The number of H-pyrrole nitrogens is 1. The standard InChI is InChI=1S/C7H9N3O3/c11-4-2-1-3-6-7(10(12)13)5-8-9-6/h4-5H,1-3H2,(H,8,9). The molecule has 1 heterocycles. The zero-order valence-corrected chi connectivity index (χ0v) is 6.90. The van der Waals surface area contributed by atoms with Crippen molar-refractivity contribution in [1.82, 2.24) is 10.2 Å². The topological polar surface area (TPSA) is 88.9 Å². The lowest BCUT2D eigenvalue weighted by atomic mass is 10.2. The minimum atomic E-state index is -0.486. The first kappa shape index (κ1) is 9.37. The summed E-state index contributed by atoms with van der Waals surface area (Å²) in [7, 11) is 0. The molecule has 1 rings (SSSR count). The molecule has 13 heavy (non-hydrogen) atoms. The molecular weight excluding hydrogens is 174 g/mol. The van der Waals surface area contributed by atoms with Crippen LogP contribution in [0.4, 0.5) is 5.69 Å². The van der Waals surface area contributed by atoms with Crippen LogP contribution in [0.15, 0.2) is 6.20 Å². The number of nitrogens with one attached hydrogen (secondary N) is 1. The summed E-state index contributed by atoms with van der Waals surface area (Å²) in [6.45, 7) is 0. The number of hydrogen-bond acceptors (Lipinski definition) is 4. The van der Waals surface area contributed by atoms with Crippen molar-refractivity contribution < 1.29 is 9.72 Å². The van der Waals surface area contributed by atoms with Gasteiger partial charge in [-0.15, -0.1) is 0 Å². The monoisotopic (exact) mass is 183 g/mol. The Bertz CT molecular complexity index is 308. The first-order chi connectivity index (χ1) is 6.25. The van der Waals surface area contributed by atoms with Gasteiger partial charge in [0.25, 0.3) is 0 Å². The van der Waals surface area contributed by atoms with Gasteiger partial charge >= 0.3 is 5.69 Å². The van der Waals surface area contributed by atoms with E-state index < -0.39 is 4.92 Å². The Labute approximate surface area is 74.1 Å². The maximum Gasteiger partial charge on any atom is 0.309 e. The van der Waals surface area contributed by atoms with E-state index in [-0.39, 0.29) is 5.69 Å². The number of nitro groups is 1. The van der Waals surface area contributed by atoms with Gasteiger partial charge in [-0.1, -0.05) is 0 Å². The number of rotatable bonds is 5. The summed E-state index contributed by atoms with van der Waals surface area (Å²) in [6.07, 6.45) is 3.47. The highest BCUT2D eigenvalue weighted by atomic mass is 16.6. The number of carbonyl (C=O) groups is 1. The lowest BCUT2D eigenvalue weighted by Crippen LogP contribution is -1.93. The van der Waals surface area contributed by atoms with Crippen molar-refractivity contribution in [2.45, 2.75) is 19.3 Å². The van der Waals surface area contributed by atoms with Crippen LogP contribution in [-0.2, 0) is 11.2 Å². The number of nitrogens with zero attached hydrogens (tertiary/aromatic N) is 2. The molecule has 0 saturated heterocycles. The van der Waals surface area contributed by atoms with Gasteiger partial charge in [-0.2, -0.15) is 5.10 Å². The minimum absolute atomic E-state index is 0.00843. The summed E-state index contributed by atoms with van der Waals surface area (Å²) >= 11 is 0. The molecule has 0 fully saturated rings. The maximum atomic E-state index is 10.4. The number of carbonyl (C=O) groups excluding carboxylic acids is 1. The number of aldehydes is 1. The Balaban J connectivity index is 2.60. The smallest absolute Gasteiger partial charge is 0.303 e. The highest BCUT2D eigenvalue weighted by Gasteiger charge is 2.14. The zero-order valence-electron chi connectivity index (χ0n) is 6.90. The third kappa shape index (κ3) is 2.36. The fourth-order valence-corrected chi connectivity index (χ4v) is 1.01. The Morgan fingerprint density at radius 2 is 2.46 bits per heavy atom. The van der Waals surface area contributed by atoms with Gasteiger partial charge in [-0.05, 0) is 12.8 Å².